The lowest BCUT2D eigenvalue weighted by Crippen LogP contribution is -2.19. The molecule has 0 saturated heterocycles. The maximum Gasteiger partial charge on any atom is 0.347 e. The Labute approximate surface area is 106 Å². The first-order chi connectivity index (χ1) is 8.49. The summed E-state index contributed by atoms with van der Waals surface area (Å²) in [7, 11) is 1.65. The Morgan fingerprint density at radius 1 is 1.28 bits per heavy atom. The molecule has 0 saturated carbocycles. The van der Waals surface area contributed by atoms with Gasteiger partial charge in [-0.15, -0.1) is 0 Å². The molecule has 4 heteroatoms. The second-order valence-electron chi connectivity index (χ2n) is 4.63. The number of phenols is 1. The van der Waals surface area contributed by atoms with E-state index in [1.54, 1.807) is 25.4 Å². The molecule has 0 unspecified atom stereocenters. The Morgan fingerprint density at radius 2 is 2.00 bits per heavy atom. The van der Waals surface area contributed by atoms with Gasteiger partial charge in [0.2, 0.25) is 0 Å². The number of hydrogen-bond acceptors (Lipinski definition) is 3. The highest BCUT2D eigenvalue weighted by Crippen LogP contribution is 2.29. The zero-order valence-corrected chi connectivity index (χ0v) is 10.7. The molecular weight excluding hydrogens is 228 g/mol. The minimum absolute atomic E-state index is 0.241. The molecule has 0 atom stereocenters. The van der Waals surface area contributed by atoms with E-state index in [4.69, 9.17) is 0 Å². The van der Waals surface area contributed by atoms with Crippen LogP contribution < -0.4 is 5.69 Å². The molecule has 0 spiro atoms. The van der Waals surface area contributed by atoms with E-state index < -0.39 is 0 Å². The molecule has 0 aliphatic rings. The Bertz CT molecular complexity index is 630. The van der Waals surface area contributed by atoms with Crippen molar-refractivity contribution in [1.29, 1.82) is 0 Å². The molecule has 0 bridgehead atoms. The number of aromatic nitrogens is 2. The molecule has 0 amide bonds. The molecule has 0 fully saturated rings. The highest BCUT2D eigenvalue weighted by atomic mass is 16.3. The monoisotopic (exact) mass is 244 g/mol. The van der Waals surface area contributed by atoms with Gasteiger partial charge in [0.25, 0.3) is 0 Å². The maximum atomic E-state index is 11.5. The van der Waals surface area contributed by atoms with Gasteiger partial charge in [0.1, 0.15) is 5.75 Å². The second kappa shape index (κ2) is 4.64. The topological polar surface area (TPSA) is 55.1 Å². The number of hydrogen-bond donors (Lipinski definition) is 1. The van der Waals surface area contributed by atoms with E-state index in [0.29, 0.717) is 5.69 Å². The van der Waals surface area contributed by atoms with Gasteiger partial charge in [0.05, 0.1) is 5.69 Å². The summed E-state index contributed by atoms with van der Waals surface area (Å²) < 4.78 is 1.41. The summed E-state index contributed by atoms with van der Waals surface area (Å²) >= 11 is 0. The molecule has 94 valence electrons. The zero-order valence-electron chi connectivity index (χ0n) is 10.7. The van der Waals surface area contributed by atoms with Gasteiger partial charge in [0, 0.05) is 18.8 Å². The summed E-state index contributed by atoms with van der Waals surface area (Å²) in [4.78, 5) is 15.4. The number of aryl methyl sites for hydroxylation is 1. The van der Waals surface area contributed by atoms with Crippen molar-refractivity contribution in [2.45, 2.75) is 19.8 Å². The summed E-state index contributed by atoms with van der Waals surface area (Å²) in [6.07, 6.45) is 1.66. The number of aromatic hydroxyl groups is 1. The van der Waals surface area contributed by atoms with Crippen LogP contribution in [0.5, 0.6) is 5.75 Å². The lowest BCUT2D eigenvalue weighted by Gasteiger charge is -2.09. The number of rotatable bonds is 2. The van der Waals surface area contributed by atoms with E-state index in [0.717, 1.165) is 11.1 Å². The third kappa shape index (κ3) is 2.27. The van der Waals surface area contributed by atoms with Gasteiger partial charge >= 0.3 is 5.69 Å². The van der Waals surface area contributed by atoms with Crippen LogP contribution in [-0.2, 0) is 7.05 Å². The highest BCUT2D eigenvalue weighted by molar-refractivity contribution is 5.62. The quantitative estimate of drug-likeness (QED) is 0.881. The summed E-state index contributed by atoms with van der Waals surface area (Å²) in [5, 5.41) is 9.94. The SMILES string of the molecule is CC(C)c1ccc(-c2ccn(C)c(=O)n2)cc1O. The van der Waals surface area contributed by atoms with Crippen LogP contribution in [0.15, 0.2) is 35.3 Å². The normalized spacial score (nSPS) is 10.9. The van der Waals surface area contributed by atoms with Crippen molar-refractivity contribution >= 4 is 0 Å². The fraction of sp³-hybridized carbons (Fsp3) is 0.286. The molecule has 0 aliphatic heterocycles. The second-order valence-corrected chi connectivity index (χ2v) is 4.63. The van der Waals surface area contributed by atoms with Gasteiger partial charge < -0.3 is 9.67 Å². The van der Waals surface area contributed by atoms with Crippen LogP contribution in [0.1, 0.15) is 25.3 Å². The van der Waals surface area contributed by atoms with Gasteiger partial charge in [-0.1, -0.05) is 26.0 Å². The molecule has 0 radical (unpaired) electrons. The van der Waals surface area contributed by atoms with Crippen LogP contribution in [-0.4, -0.2) is 14.7 Å². The summed E-state index contributed by atoms with van der Waals surface area (Å²) in [6.45, 7) is 4.04. The third-order valence-corrected chi connectivity index (χ3v) is 2.92. The average Bonchev–Trinajstić information content (AvgIpc) is 2.32. The van der Waals surface area contributed by atoms with Gasteiger partial charge in [-0.3, -0.25) is 0 Å². The standard InChI is InChI=1S/C14H16N2O2/c1-9(2)11-5-4-10(8-13(11)17)12-6-7-16(3)14(18)15-12/h4-9,17H,1-3H3. The maximum absolute atomic E-state index is 11.5. The van der Waals surface area contributed by atoms with Crippen molar-refractivity contribution in [3.8, 4) is 17.0 Å². The molecule has 18 heavy (non-hydrogen) atoms. The van der Waals surface area contributed by atoms with Gasteiger partial charge in [-0.2, -0.15) is 4.98 Å². The Balaban J connectivity index is 2.49. The minimum Gasteiger partial charge on any atom is -0.508 e. The molecule has 0 aliphatic carbocycles. The van der Waals surface area contributed by atoms with Crippen LogP contribution in [0.4, 0.5) is 0 Å². The van der Waals surface area contributed by atoms with Crippen LogP contribution in [0.3, 0.4) is 0 Å². The smallest absolute Gasteiger partial charge is 0.347 e. The molecule has 1 N–H and O–H groups in total. The van der Waals surface area contributed by atoms with Crippen molar-refractivity contribution in [2.75, 3.05) is 0 Å². The van der Waals surface area contributed by atoms with Crippen molar-refractivity contribution in [1.82, 2.24) is 9.55 Å². The summed E-state index contributed by atoms with van der Waals surface area (Å²) in [5.41, 5.74) is 1.90. The average molecular weight is 244 g/mol. The highest BCUT2D eigenvalue weighted by Gasteiger charge is 2.08. The van der Waals surface area contributed by atoms with Gasteiger partial charge in [-0.25, -0.2) is 4.79 Å². The first-order valence-electron chi connectivity index (χ1n) is 5.86. The largest absolute Gasteiger partial charge is 0.508 e. The molecular formula is C14H16N2O2. The summed E-state index contributed by atoms with van der Waals surface area (Å²) in [6, 6.07) is 7.15. The fourth-order valence-corrected chi connectivity index (χ4v) is 1.82. The third-order valence-electron chi connectivity index (χ3n) is 2.92. The Kier molecular flexibility index (Phi) is 3.19. The van der Waals surface area contributed by atoms with Crippen LogP contribution >= 0.6 is 0 Å². The Morgan fingerprint density at radius 3 is 2.56 bits per heavy atom. The number of nitrogens with zero attached hydrogens (tertiary/aromatic N) is 2. The van der Waals surface area contributed by atoms with Crippen LogP contribution in [0.2, 0.25) is 0 Å². The molecule has 4 nitrogen and oxygen atoms in total. The molecule has 1 aromatic carbocycles. The first-order valence-corrected chi connectivity index (χ1v) is 5.86. The lowest BCUT2D eigenvalue weighted by atomic mass is 9.99. The summed E-state index contributed by atoms with van der Waals surface area (Å²) in [5.74, 6) is 0.501. The molecule has 1 aromatic heterocycles. The fourth-order valence-electron chi connectivity index (χ4n) is 1.82. The van der Waals surface area contributed by atoms with E-state index in [1.807, 2.05) is 26.0 Å². The van der Waals surface area contributed by atoms with Crippen LogP contribution in [0, 0.1) is 0 Å². The van der Waals surface area contributed by atoms with Crippen molar-refractivity contribution in [3.05, 3.63) is 46.5 Å². The van der Waals surface area contributed by atoms with E-state index in [1.165, 1.54) is 4.57 Å². The van der Waals surface area contributed by atoms with Crippen LogP contribution in [0.25, 0.3) is 11.3 Å². The van der Waals surface area contributed by atoms with Crippen molar-refractivity contribution in [2.24, 2.45) is 7.05 Å². The predicted molar refractivity (Wildman–Crippen MR) is 70.7 cm³/mol. The van der Waals surface area contributed by atoms with E-state index in [2.05, 4.69) is 4.98 Å². The predicted octanol–water partition coefficient (Wildman–Crippen LogP) is 2.28. The zero-order chi connectivity index (χ0) is 13.3. The van der Waals surface area contributed by atoms with Crippen molar-refractivity contribution in [3.63, 3.8) is 0 Å². The van der Waals surface area contributed by atoms with Gasteiger partial charge in [0.15, 0.2) is 0 Å². The van der Waals surface area contributed by atoms with E-state index in [-0.39, 0.29) is 17.4 Å². The number of benzene rings is 1. The minimum atomic E-state index is -0.306. The number of phenolic OH excluding ortho intramolecular Hbond substituents is 1. The van der Waals surface area contributed by atoms with Gasteiger partial charge in [-0.05, 0) is 23.6 Å². The lowest BCUT2D eigenvalue weighted by molar-refractivity contribution is 0.465. The first kappa shape index (κ1) is 12.4. The van der Waals surface area contributed by atoms with Crippen molar-refractivity contribution < 1.29 is 5.11 Å². The van der Waals surface area contributed by atoms with E-state index in [9.17, 15) is 9.90 Å². The molecule has 2 rings (SSSR count). The van der Waals surface area contributed by atoms with E-state index >= 15 is 0 Å². The Hall–Kier alpha value is -2.10. The molecule has 1 heterocycles. The molecule has 2 aromatic rings.